The molecule has 0 saturated carbocycles. The van der Waals surface area contributed by atoms with Crippen molar-refractivity contribution in [1.82, 2.24) is 24.9 Å². The van der Waals surface area contributed by atoms with E-state index in [9.17, 15) is 9.00 Å². The van der Waals surface area contributed by atoms with Crippen LogP contribution in [0.4, 0.5) is 19.3 Å². The lowest BCUT2D eigenvalue weighted by Gasteiger charge is -2.35. The van der Waals surface area contributed by atoms with Crippen LogP contribution >= 0.6 is 0 Å². The van der Waals surface area contributed by atoms with Gasteiger partial charge in [-0.1, -0.05) is 0 Å². The molecule has 0 spiro atoms. The van der Waals surface area contributed by atoms with Crippen molar-refractivity contribution in [3.8, 4) is 0 Å². The summed E-state index contributed by atoms with van der Waals surface area (Å²) in [6.45, 7) is 5.61. The molecule has 158 valence electrons. The molecular formula is C18H24F2N6O2S. The molecule has 0 aromatic carbocycles. The number of anilines is 1. The molecule has 1 fully saturated rings. The highest BCUT2D eigenvalue weighted by Gasteiger charge is 2.48. The maximum absolute atomic E-state index is 15.0. The van der Waals surface area contributed by atoms with E-state index in [-0.39, 0.29) is 43.0 Å². The second kappa shape index (κ2) is 8.52. The van der Waals surface area contributed by atoms with Gasteiger partial charge in [0.05, 0.1) is 23.8 Å². The average molecular weight is 426 g/mol. The van der Waals surface area contributed by atoms with Gasteiger partial charge < -0.3 is 10.2 Å². The molecule has 3 rings (SSSR count). The molecule has 1 aliphatic heterocycles. The Morgan fingerprint density at radius 2 is 2.00 bits per heavy atom. The molecular weight excluding hydrogens is 402 g/mol. The molecule has 2 aromatic rings. The van der Waals surface area contributed by atoms with Crippen LogP contribution in [0.15, 0.2) is 29.6 Å². The Morgan fingerprint density at radius 1 is 1.31 bits per heavy atom. The number of urea groups is 1. The Bertz CT molecular complexity index is 882. The van der Waals surface area contributed by atoms with Crippen LogP contribution in [0.25, 0.3) is 0 Å². The predicted molar refractivity (Wildman–Crippen MR) is 104 cm³/mol. The number of aryl methyl sites for hydroxylation is 1. The summed E-state index contributed by atoms with van der Waals surface area (Å²) in [7, 11) is -2.52. The van der Waals surface area contributed by atoms with Crippen LogP contribution in [0.3, 0.4) is 0 Å². The van der Waals surface area contributed by atoms with Crippen molar-refractivity contribution in [2.24, 2.45) is 5.92 Å². The summed E-state index contributed by atoms with van der Waals surface area (Å²) in [6, 6.07) is 2.49. The molecule has 2 amide bonds. The number of nitrogens with one attached hydrogen (secondary N) is 1. The number of nitrogens with zero attached hydrogens (tertiary/aromatic N) is 5. The van der Waals surface area contributed by atoms with Crippen molar-refractivity contribution in [2.45, 2.75) is 49.9 Å². The molecule has 1 atom stereocenters. The maximum atomic E-state index is 15.0. The molecule has 8 nitrogen and oxygen atoms in total. The Hall–Kier alpha value is -2.43. The highest BCUT2D eigenvalue weighted by Crippen LogP contribution is 2.39. The van der Waals surface area contributed by atoms with E-state index in [0.717, 1.165) is 0 Å². The predicted octanol–water partition coefficient (Wildman–Crippen LogP) is 3.21. The minimum atomic E-state index is -3.41. The van der Waals surface area contributed by atoms with E-state index in [1.54, 1.807) is 26.8 Å². The molecule has 1 N–H and O–H groups in total. The van der Waals surface area contributed by atoms with Crippen LogP contribution < -0.4 is 5.32 Å². The fourth-order valence-electron chi connectivity index (χ4n) is 3.28. The van der Waals surface area contributed by atoms with Gasteiger partial charge in [-0.25, -0.2) is 9.00 Å². The minimum absolute atomic E-state index is 0.0351. The third-order valence-corrected chi connectivity index (χ3v) is 6.36. The first-order valence-electron chi connectivity index (χ1n) is 9.38. The van der Waals surface area contributed by atoms with Crippen molar-refractivity contribution in [3.63, 3.8) is 0 Å². The van der Waals surface area contributed by atoms with Crippen LogP contribution in [-0.4, -0.2) is 53.5 Å². The zero-order valence-electron chi connectivity index (χ0n) is 16.5. The van der Waals surface area contributed by atoms with Crippen LogP contribution in [0.5, 0.6) is 0 Å². The normalized spacial score (nSPS) is 16.8. The molecule has 1 saturated heterocycles. The Morgan fingerprint density at radius 3 is 2.59 bits per heavy atom. The van der Waals surface area contributed by atoms with Gasteiger partial charge in [0.1, 0.15) is 15.8 Å². The summed E-state index contributed by atoms with van der Waals surface area (Å²) < 4.78 is 44.2. The first kappa shape index (κ1) is 21.3. The summed E-state index contributed by atoms with van der Waals surface area (Å²) >= 11 is 0. The van der Waals surface area contributed by atoms with E-state index in [2.05, 4.69) is 20.6 Å². The molecule has 0 radical (unpaired) electrons. The lowest BCUT2D eigenvalue weighted by Crippen LogP contribution is -2.46. The number of aromatic nitrogens is 4. The topological polar surface area (TPSA) is 93.0 Å². The number of carbonyl (C=O) groups is 1. The summed E-state index contributed by atoms with van der Waals surface area (Å²) in [4.78, 5) is 13.8. The molecule has 2 aromatic heterocycles. The Kier molecular flexibility index (Phi) is 6.25. The van der Waals surface area contributed by atoms with Crippen molar-refractivity contribution in [1.29, 1.82) is 0 Å². The van der Waals surface area contributed by atoms with Crippen molar-refractivity contribution >= 4 is 22.5 Å². The van der Waals surface area contributed by atoms with Crippen molar-refractivity contribution in [3.05, 3.63) is 30.2 Å². The summed E-state index contributed by atoms with van der Waals surface area (Å²) in [6.07, 6.45) is 2.98. The first-order chi connectivity index (χ1) is 13.7. The number of halogens is 2. The first-order valence-corrected chi connectivity index (χ1v) is 10.5. The third-order valence-electron chi connectivity index (χ3n) is 4.84. The molecule has 29 heavy (non-hydrogen) atoms. The van der Waals surface area contributed by atoms with E-state index >= 15 is 8.78 Å². The van der Waals surface area contributed by atoms with E-state index < -0.39 is 22.0 Å². The lowest BCUT2D eigenvalue weighted by atomic mass is 9.97. The average Bonchev–Trinajstić information content (AvgIpc) is 3.10. The molecule has 11 heteroatoms. The SMILES string of the molecule is Cc1cc(S(=O)C(F)(F)C2CCN(C(=O)Nc3ccnnc3)CC2)n(C(C)C)n1. The van der Waals surface area contributed by atoms with Crippen molar-refractivity contribution in [2.75, 3.05) is 18.4 Å². The van der Waals surface area contributed by atoms with Gasteiger partial charge in [-0.3, -0.25) is 4.68 Å². The monoisotopic (exact) mass is 426 g/mol. The minimum Gasteiger partial charge on any atom is -0.325 e. The Labute approximate surface area is 170 Å². The fraction of sp³-hybridized carbons (Fsp3) is 0.556. The van der Waals surface area contributed by atoms with Gasteiger partial charge in [0.25, 0.3) is 0 Å². The summed E-state index contributed by atoms with van der Waals surface area (Å²) in [5.41, 5.74) is 1.03. The van der Waals surface area contributed by atoms with E-state index in [1.165, 1.54) is 28.0 Å². The maximum Gasteiger partial charge on any atom is 0.329 e. The number of rotatable bonds is 5. The van der Waals surface area contributed by atoms with Gasteiger partial charge in [0, 0.05) is 25.0 Å². The highest BCUT2D eigenvalue weighted by molar-refractivity contribution is 7.86. The van der Waals surface area contributed by atoms with Crippen LogP contribution in [0.1, 0.15) is 38.4 Å². The molecule has 1 aliphatic rings. The van der Waals surface area contributed by atoms with Gasteiger partial charge in [0.2, 0.25) is 0 Å². The zero-order valence-corrected chi connectivity index (χ0v) is 17.3. The number of amides is 2. The van der Waals surface area contributed by atoms with Gasteiger partial charge in [-0.15, -0.1) is 0 Å². The van der Waals surface area contributed by atoms with E-state index in [0.29, 0.717) is 11.4 Å². The summed E-state index contributed by atoms with van der Waals surface area (Å²) in [5.74, 6) is -1.08. The second-order valence-electron chi connectivity index (χ2n) is 7.32. The zero-order chi connectivity index (χ0) is 21.2. The highest BCUT2D eigenvalue weighted by atomic mass is 32.2. The van der Waals surface area contributed by atoms with Crippen LogP contribution in [-0.2, 0) is 10.8 Å². The number of hydrogen-bond acceptors (Lipinski definition) is 5. The largest absolute Gasteiger partial charge is 0.329 e. The quantitative estimate of drug-likeness (QED) is 0.793. The van der Waals surface area contributed by atoms with Gasteiger partial charge in [0.15, 0.2) is 0 Å². The molecule has 1 unspecified atom stereocenters. The van der Waals surface area contributed by atoms with Crippen molar-refractivity contribution < 1.29 is 17.8 Å². The molecule has 3 heterocycles. The second-order valence-corrected chi connectivity index (χ2v) is 8.82. The lowest BCUT2D eigenvalue weighted by molar-refractivity contribution is 0.00467. The van der Waals surface area contributed by atoms with E-state index in [4.69, 9.17) is 0 Å². The summed E-state index contributed by atoms with van der Waals surface area (Å²) in [5, 5.41) is 10.8. The number of alkyl halides is 2. The smallest absolute Gasteiger partial charge is 0.325 e. The number of hydrogen-bond donors (Lipinski definition) is 1. The molecule has 0 aliphatic carbocycles. The Balaban J connectivity index is 1.65. The third kappa shape index (κ3) is 4.60. The van der Waals surface area contributed by atoms with Crippen LogP contribution in [0.2, 0.25) is 0 Å². The fourth-order valence-corrected chi connectivity index (χ4v) is 4.79. The molecule has 0 bridgehead atoms. The number of piperidine rings is 1. The standard InChI is InChI=1S/C18H24F2N6O2S/c1-12(2)26-16(10-13(3)24-26)29(28)18(19,20)14-5-8-25(9-6-14)17(27)23-15-4-7-21-22-11-15/h4,7,10-12,14H,5-6,8-9H2,1-3H3,(H,21,23,27). The number of likely N-dealkylation sites (tertiary alicyclic amines) is 1. The number of carbonyl (C=O) groups excluding carboxylic acids is 1. The van der Waals surface area contributed by atoms with Gasteiger partial charge in [-0.2, -0.15) is 24.1 Å². The van der Waals surface area contributed by atoms with E-state index in [1.807, 2.05) is 0 Å². The van der Waals surface area contributed by atoms with Gasteiger partial charge in [-0.05, 0) is 45.7 Å². The van der Waals surface area contributed by atoms with Gasteiger partial charge >= 0.3 is 11.3 Å². The van der Waals surface area contributed by atoms with Crippen LogP contribution in [0, 0.1) is 12.8 Å².